The molecule has 14 nitrogen and oxygen atoms in total. The van der Waals surface area contributed by atoms with Gasteiger partial charge < -0.3 is 64.2 Å². The summed E-state index contributed by atoms with van der Waals surface area (Å²) in [5.74, 6) is -0.396. The number of rotatable bonds is 39. The molecule has 7 N–H and O–H groups in total. The van der Waals surface area contributed by atoms with Crippen molar-refractivity contribution in [1.82, 2.24) is 0 Å². The molecule has 11 atom stereocenters. The molecule has 0 aromatic rings. The molecule has 0 aromatic heterocycles. The molecule has 2 aliphatic rings. The van der Waals surface area contributed by atoms with E-state index in [9.17, 15) is 40.5 Å². The maximum absolute atomic E-state index is 13.0. The highest BCUT2D eigenvalue weighted by atomic mass is 16.7. The number of carbonyl (C=O) groups excluding carboxylic acids is 1. The smallest absolute Gasteiger partial charge is 0.306 e. The zero-order chi connectivity index (χ0) is 47.3. The molecule has 0 aliphatic carbocycles. The molecule has 0 spiro atoms. The Morgan fingerprint density at radius 1 is 0.523 bits per heavy atom. The SMILES string of the molecule is CC/C=C\C/C=C\C/C=C\CCCCCCCC(=O)OC(COCCCCCCCC/C=C\CCCCCCCC)COC1OC(COC2OC(CO)C(O)C(O)C2O)C(O)C(O)C1O. The van der Waals surface area contributed by atoms with Gasteiger partial charge in [0.2, 0.25) is 0 Å². The average Bonchev–Trinajstić information content (AvgIpc) is 3.30. The molecule has 0 saturated carbocycles. The van der Waals surface area contributed by atoms with E-state index in [2.05, 4.69) is 62.5 Å². The Balaban J connectivity index is 1.79. The van der Waals surface area contributed by atoms with Gasteiger partial charge in [0.15, 0.2) is 12.6 Å². The molecule has 2 saturated heterocycles. The van der Waals surface area contributed by atoms with E-state index in [-0.39, 0.29) is 19.6 Å². The number of unbranched alkanes of at least 4 members (excludes halogenated alkanes) is 17. The molecule has 14 heteroatoms. The second-order valence-electron chi connectivity index (χ2n) is 17.6. The summed E-state index contributed by atoms with van der Waals surface area (Å²) >= 11 is 0. The molecule has 2 fully saturated rings. The van der Waals surface area contributed by atoms with Crippen LogP contribution in [0.5, 0.6) is 0 Å². The maximum Gasteiger partial charge on any atom is 0.306 e. The average molecular weight is 927 g/mol. The zero-order valence-corrected chi connectivity index (χ0v) is 40.0. The van der Waals surface area contributed by atoms with E-state index in [4.69, 9.17) is 28.4 Å². The lowest BCUT2D eigenvalue weighted by Crippen LogP contribution is -2.61. The van der Waals surface area contributed by atoms with Crippen LogP contribution in [0.1, 0.15) is 168 Å². The van der Waals surface area contributed by atoms with Crippen LogP contribution in [0.4, 0.5) is 0 Å². The molecule has 2 aliphatic heterocycles. The Kier molecular flexibility index (Phi) is 35.3. The molecule has 378 valence electrons. The minimum absolute atomic E-state index is 0.0493. The first-order valence-corrected chi connectivity index (χ1v) is 25.2. The number of ether oxygens (including phenoxy) is 6. The third kappa shape index (κ3) is 26.9. The van der Waals surface area contributed by atoms with Crippen molar-refractivity contribution in [2.75, 3.05) is 33.0 Å². The van der Waals surface area contributed by atoms with Crippen molar-refractivity contribution in [3.8, 4) is 0 Å². The predicted molar refractivity (Wildman–Crippen MR) is 252 cm³/mol. The predicted octanol–water partition coefficient (Wildman–Crippen LogP) is 7.18. The number of allylic oxidation sites excluding steroid dienone is 8. The fourth-order valence-electron chi connectivity index (χ4n) is 7.70. The third-order valence-corrected chi connectivity index (χ3v) is 11.8. The normalized spacial score (nSPS) is 26.9. The highest BCUT2D eigenvalue weighted by Crippen LogP contribution is 2.26. The number of hydrogen-bond acceptors (Lipinski definition) is 14. The summed E-state index contributed by atoms with van der Waals surface area (Å²) in [6, 6.07) is 0. The molecule has 2 rings (SSSR count). The molecule has 0 amide bonds. The van der Waals surface area contributed by atoms with Gasteiger partial charge in [-0.15, -0.1) is 0 Å². The molecular formula is C51H90O14. The second-order valence-corrected chi connectivity index (χ2v) is 17.6. The van der Waals surface area contributed by atoms with Gasteiger partial charge in [-0.05, 0) is 70.6 Å². The van der Waals surface area contributed by atoms with Crippen molar-refractivity contribution in [3.63, 3.8) is 0 Å². The van der Waals surface area contributed by atoms with Gasteiger partial charge in [0.05, 0.1) is 26.4 Å². The third-order valence-electron chi connectivity index (χ3n) is 11.8. The van der Waals surface area contributed by atoms with Crippen LogP contribution in [-0.4, -0.2) is 142 Å². The van der Waals surface area contributed by atoms with Gasteiger partial charge in [0.25, 0.3) is 0 Å². The standard InChI is InChI=1S/C51H90O14/c1-3-5-7-9-11-13-15-17-19-21-23-25-27-29-31-33-35-60-37-40(63-43(53)34-32-30-28-26-24-22-20-18-16-14-12-10-8-6-4-2)38-61-50-49(59)47(57)45(55)42(65-50)39-62-51-48(58)46(56)44(54)41(36-52)64-51/h6,8,12,14,17-20,40-42,44-52,54-59H,3-5,7,9-11,13,15-16,21-39H2,1-2H3/b8-6-,14-12-,19-17-,20-18-. The van der Waals surface area contributed by atoms with Crippen LogP contribution in [0, 0.1) is 0 Å². The van der Waals surface area contributed by atoms with Gasteiger partial charge in [-0.25, -0.2) is 0 Å². The summed E-state index contributed by atoms with van der Waals surface area (Å²) in [7, 11) is 0. The van der Waals surface area contributed by atoms with E-state index in [0.29, 0.717) is 13.0 Å². The Morgan fingerprint density at radius 2 is 1.00 bits per heavy atom. The Morgan fingerprint density at radius 3 is 1.58 bits per heavy atom. The molecule has 2 heterocycles. The van der Waals surface area contributed by atoms with Crippen molar-refractivity contribution >= 4 is 5.97 Å². The number of hydrogen-bond donors (Lipinski definition) is 7. The van der Waals surface area contributed by atoms with Gasteiger partial charge in [-0.3, -0.25) is 4.79 Å². The second kappa shape index (κ2) is 38.9. The summed E-state index contributed by atoms with van der Waals surface area (Å²) in [4.78, 5) is 13.0. The fourth-order valence-corrected chi connectivity index (χ4v) is 7.70. The molecular weight excluding hydrogens is 837 g/mol. The van der Waals surface area contributed by atoms with E-state index < -0.39 is 86.7 Å². The first-order chi connectivity index (χ1) is 31.6. The largest absolute Gasteiger partial charge is 0.457 e. The topological polar surface area (TPSA) is 214 Å². The monoisotopic (exact) mass is 927 g/mol. The quantitative estimate of drug-likeness (QED) is 0.0185. The summed E-state index contributed by atoms with van der Waals surface area (Å²) < 4.78 is 34.2. The van der Waals surface area contributed by atoms with E-state index in [1.165, 1.54) is 64.2 Å². The van der Waals surface area contributed by atoms with Crippen LogP contribution in [0.25, 0.3) is 0 Å². The van der Waals surface area contributed by atoms with Gasteiger partial charge in [0, 0.05) is 13.0 Å². The van der Waals surface area contributed by atoms with Crippen molar-refractivity contribution < 1.29 is 69.0 Å². The number of carbonyl (C=O) groups is 1. The molecule has 0 radical (unpaired) electrons. The van der Waals surface area contributed by atoms with Crippen LogP contribution in [0.3, 0.4) is 0 Å². The number of esters is 1. The van der Waals surface area contributed by atoms with Crippen molar-refractivity contribution in [2.45, 2.75) is 235 Å². The van der Waals surface area contributed by atoms with Crippen LogP contribution >= 0.6 is 0 Å². The van der Waals surface area contributed by atoms with Crippen molar-refractivity contribution in [1.29, 1.82) is 0 Å². The molecule has 65 heavy (non-hydrogen) atoms. The van der Waals surface area contributed by atoms with Gasteiger partial charge >= 0.3 is 5.97 Å². The van der Waals surface area contributed by atoms with Crippen LogP contribution < -0.4 is 0 Å². The van der Waals surface area contributed by atoms with Crippen molar-refractivity contribution in [3.05, 3.63) is 48.6 Å². The zero-order valence-electron chi connectivity index (χ0n) is 40.0. The first kappa shape index (κ1) is 59.1. The summed E-state index contributed by atoms with van der Waals surface area (Å²) in [5, 5.41) is 72.1. The number of aliphatic hydroxyl groups excluding tert-OH is 7. The van der Waals surface area contributed by atoms with Crippen LogP contribution in [0.2, 0.25) is 0 Å². The highest BCUT2D eigenvalue weighted by Gasteiger charge is 2.47. The Labute approximate surface area is 391 Å². The number of aliphatic hydroxyl groups is 7. The van der Waals surface area contributed by atoms with E-state index in [1.807, 2.05) is 0 Å². The molecule has 0 aromatic carbocycles. The van der Waals surface area contributed by atoms with E-state index >= 15 is 0 Å². The maximum atomic E-state index is 13.0. The van der Waals surface area contributed by atoms with Gasteiger partial charge in [0.1, 0.15) is 54.9 Å². The van der Waals surface area contributed by atoms with E-state index in [0.717, 1.165) is 77.0 Å². The molecule has 0 bridgehead atoms. The Hall–Kier alpha value is -2.05. The minimum atomic E-state index is -1.71. The van der Waals surface area contributed by atoms with Crippen molar-refractivity contribution in [2.24, 2.45) is 0 Å². The van der Waals surface area contributed by atoms with Gasteiger partial charge in [-0.2, -0.15) is 0 Å². The van der Waals surface area contributed by atoms with Gasteiger partial charge in [-0.1, -0.05) is 140 Å². The minimum Gasteiger partial charge on any atom is -0.457 e. The fraction of sp³-hybridized carbons (Fsp3) is 0.824. The Bertz CT molecular complexity index is 1260. The summed E-state index contributed by atoms with van der Waals surface area (Å²) in [5.41, 5.74) is 0. The van der Waals surface area contributed by atoms with E-state index in [1.54, 1.807) is 0 Å². The molecule has 11 unspecified atom stereocenters. The lowest BCUT2D eigenvalue weighted by Gasteiger charge is -2.42. The summed E-state index contributed by atoms with van der Waals surface area (Å²) in [6.45, 7) is 3.52. The lowest BCUT2D eigenvalue weighted by atomic mass is 9.98. The lowest BCUT2D eigenvalue weighted by molar-refractivity contribution is -0.332. The van der Waals surface area contributed by atoms with Crippen LogP contribution in [-0.2, 0) is 33.2 Å². The first-order valence-electron chi connectivity index (χ1n) is 25.2. The van der Waals surface area contributed by atoms with Crippen LogP contribution in [0.15, 0.2) is 48.6 Å². The summed E-state index contributed by atoms with van der Waals surface area (Å²) in [6.07, 6.45) is 27.4. The highest BCUT2D eigenvalue weighted by molar-refractivity contribution is 5.69.